The molecule has 29 heavy (non-hydrogen) atoms. The van der Waals surface area contributed by atoms with E-state index in [0.29, 0.717) is 30.4 Å². The van der Waals surface area contributed by atoms with Gasteiger partial charge in [-0.05, 0) is 31.5 Å². The number of carbonyl (C=O) groups is 1. The number of rotatable bonds is 8. The predicted molar refractivity (Wildman–Crippen MR) is 110 cm³/mol. The number of nitrogens with zero attached hydrogens (tertiary/aromatic N) is 3. The third-order valence-electron chi connectivity index (χ3n) is 4.32. The third kappa shape index (κ3) is 4.85. The van der Waals surface area contributed by atoms with Gasteiger partial charge in [-0.15, -0.1) is 5.10 Å². The number of ether oxygens (including phenoxy) is 1. The average molecular weight is 392 g/mol. The number of amides is 1. The van der Waals surface area contributed by atoms with Crippen molar-refractivity contribution in [3.8, 4) is 5.69 Å². The van der Waals surface area contributed by atoms with Crippen LogP contribution in [-0.4, -0.2) is 33.1 Å². The summed E-state index contributed by atoms with van der Waals surface area (Å²) in [5, 5.41) is 14.8. The number of para-hydroxylation sites is 1. The van der Waals surface area contributed by atoms with E-state index in [9.17, 15) is 4.79 Å². The smallest absolute Gasteiger partial charge is 0.257 e. The largest absolute Gasteiger partial charge is 0.384 e. The SMILES string of the molecule is CCOC(C(=O)NCc1ccc(C(=N)N)cc1)c1nc(C)n(-c2ccccc2)n1. The molecule has 1 amide bonds. The van der Waals surface area contributed by atoms with E-state index < -0.39 is 6.10 Å². The quantitative estimate of drug-likeness (QED) is 0.401. The monoisotopic (exact) mass is 392 g/mol. The van der Waals surface area contributed by atoms with Crippen LogP contribution in [0.3, 0.4) is 0 Å². The van der Waals surface area contributed by atoms with Crippen LogP contribution in [0.4, 0.5) is 0 Å². The van der Waals surface area contributed by atoms with Crippen molar-refractivity contribution < 1.29 is 9.53 Å². The lowest BCUT2D eigenvalue weighted by molar-refractivity contribution is -0.133. The fourth-order valence-electron chi connectivity index (χ4n) is 2.85. The Balaban J connectivity index is 1.73. The van der Waals surface area contributed by atoms with Gasteiger partial charge in [-0.2, -0.15) is 0 Å². The first-order valence-corrected chi connectivity index (χ1v) is 9.31. The molecule has 0 aliphatic rings. The minimum atomic E-state index is -0.903. The molecular weight excluding hydrogens is 368 g/mol. The second-order valence-electron chi connectivity index (χ2n) is 6.43. The van der Waals surface area contributed by atoms with Gasteiger partial charge < -0.3 is 15.8 Å². The maximum atomic E-state index is 12.8. The number of nitrogens with one attached hydrogen (secondary N) is 2. The Kier molecular flexibility index (Phi) is 6.36. The first kappa shape index (κ1) is 20.2. The highest BCUT2D eigenvalue weighted by Crippen LogP contribution is 2.17. The van der Waals surface area contributed by atoms with Crippen LogP contribution in [0.2, 0.25) is 0 Å². The number of nitrogens with two attached hydrogens (primary N) is 1. The van der Waals surface area contributed by atoms with E-state index in [2.05, 4.69) is 15.4 Å². The molecule has 3 rings (SSSR count). The van der Waals surface area contributed by atoms with E-state index >= 15 is 0 Å². The number of carbonyl (C=O) groups excluding carboxylic acids is 1. The molecule has 0 radical (unpaired) electrons. The number of nitrogen functional groups attached to an aromatic ring is 1. The van der Waals surface area contributed by atoms with Crippen molar-refractivity contribution in [1.29, 1.82) is 5.41 Å². The van der Waals surface area contributed by atoms with Crippen molar-refractivity contribution in [1.82, 2.24) is 20.1 Å². The number of benzene rings is 2. The summed E-state index contributed by atoms with van der Waals surface area (Å²) in [4.78, 5) is 17.2. The first-order valence-electron chi connectivity index (χ1n) is 9.31. The van der Waals surface area contributed by atoms with Gasteiger partial charge >= 0.3 is 0 Å². The molecular formula is C21H24N6O2. The molecule has 0 aliphatic carbocycles. The molecule has 4 N–H and O–H groups in total. The van der Waals surface area contributed by atoms with Gasteiger partial charge in [-0.1, -0.05) is 42.5 Å². The Morgan fingerprint density at radius 1 is 1.21 bits per heavy atom. The van der Waals surface area contributed by atoms with Gasteiger partial charge in [-0.25, -0.2) is 9.67 Å². The van der Waals surface area contributed by atoms with Crippen LogP contribution in [-0.2, 0) is 16.1 Å². The Hall–Kier alpha value is -3.52. The summed E-state index contributed by atoms with van der Waals surface area (Å²) in [6, 6.07) is 16.7. The van der Waals surface area contributed by atoms with Crippen molar-refractivity contribution in [3.05, 3.63) is 77.4 Å². The van der Waals surface area contributed by atoms with Crippen LogP contribution in [0.1, 0.15) is 35.8 Å². The van der Waals surface area contributed by atoms with E-state index in [4.69, 9.17) is 15.9 Å². The minimum Gasteiger partial charge on any atom is -0.384 e. The summed E-state index contributed by atoms with van der Waals surface area (Å²) < 4.78 is 7.33. The second kappa shape index (κ2) is 9.11. The van der Waals surface area contributed by atoms with Crippen LogP contribution in [0.5, 0.6) is 0 Å². The molecule has 8 heteroatoms. The topological polar surface area (TPSA) is 119 Å². The number of hydrogen-bond acceptors (Lipinski definition) is 5. The zero-order valence-corrected chi connectivity index (χ0v) is 16.4. The molecule has 0 saturated carbocycles. The Bertz CT molecular complexity index is 982. The molecule has 150 valence electrons. The van der Waals surface area contributed by atoms with Crippen LogP contribution in [0.15, 0.2) is 54.6 Å². The van der Waals surface area contributed by atoms with E-state index in [-0.39, 0.29) is 11.7 Å². The minimum absolute atomic E-state index is 0.00689. The highest BCUT2D eigenvalue weighted by atomic mass is 16.5. The fraction of sp³-hybridized carbons (Fsp3) is 0.238. The Morgan fingerprint density at radius 2 is 1.90 bits per heavy atom. The van der Waals surface area contributed by atoms with Gasteiger partial charge in [-0.3, -0.25) is 10.2 Å². The van der Waals surface area contributed by atoms with E-state index in [0.717, 1.165) is 11.3 Å². The van der Waals surface area contributed by atoms with Crippen molar-refractivity contribution in [3.63, 3.8) is 0 Å². The molecule has 1 heterocycles. The molecule has 8 nitrogen and oxygen atoms in total. The average Bonchev–Trinajstić information content (AvgIpc) is 3.12. The molecule has 1 aromatic heterocycles. The van der Waals surface area contributed by atoms with Crippen molar-refractivity contribution >= 4 is 11.7 Å². The highest BCUT2D eigenvalue weighted by molar-refractivity contribution is 5.94. The molecule has 0 spiro atoms. The van der Waals surface area contributed by atoms with E-state index in [1.807, 2.05) is 56.3 Å². The predicted octanol–water partition coefficient (Wildman–Crippen LogP) is 2.25. The van der Waals surface area contributed by atoms with Gasteiger partial charge in [0.1, 0.15) is 11.7 Å². The van der Waals surface area contributed by atoms with Gasteiger partial charge in [0.25, 0.3) is 5.91 Å². The lowest BCUT2D eigenvalue weighted by atomic mass is 10.1. The number of aromatic nitrogens is 3. The van der Waals surface area contributed by atoms with Crippen molar-refractivity contribution in [2.75, 3.05) is 6.61 Å². The summed E-state index contributed by atoms with van der Waals surface area (Å²) in [7, 11) is 0. The summed E-state index contributed by atoms with van der Waals surface area (Å²) in [5.74, 6) is 0.682. The van der Waals surface area contributed by atoms with Gasteiger partial charge in [0.2, 0.25) is 0 Å². The van der Waals surface area contributed by atoms with Crippen LogP contribution in [0, 0.1) is 12.3 Å². The number of amidine groups is 1. The maximum Gasteiger partial charge on any atom is 0.257 e. The Morgan fingerprint density at radius 3 is 2.52 bits per heavy atom. The molecule has 1 unspecified atom stereocenters. The van der Waals surface area contributed by atoms with Gasteiger partial charge in [0.05, 0.1) is 5.69 Å². The molecule has 2 aromatic carbocycles. The third-order valence-corrected chi connectivity index (χ3v) is 4.32. The zero-order valence-electron chi connectivity index (χ0n) is 16.4. The Labute approximate surface area is 169 Å². The fourth-order valence-corrected chi connectivity index (χ4v) is 2.85. The summed E-state index contributed by atoms with van der Waals surface area (Å²) >= 11 is 0. The number of hydrogen-bond donors (Lipinski definition) is 3. The van der Waals surface area contributed by atoms with Crippen LogP contribution in [0.25, 0.3) is 5.69 Å². The van der Waals surface area contributed by atoms with Gasteiger partial charge in [0, 0.05) is 18.7 Å². The molecule has 0 saturated heterocycles. The summed E-state index contributed by atoms with van der Waals surface area (Å²) in [6.07, 6.45) is -0.903. The van der Waals surface area contributed by atoms with E-state index in [1.54, 1.807) is 16.8 Å². The molecule has 0 bridgehead atoms. The highest BCUT2D eigenvalue weighted by Gasteiger charge is 2.26. The zero-order chi connectivity index (χ0) is 20.8. The lowest BCUT2D eigenvalue weighted by Crippen LogP contribution is -2.31. The van der Waals surface area contributed by atoms with Gasteiger partial charge in [0.15, 0.2) is 11.9 Å². The maximum absolute atomic E-state index is 12.8. The van der Waals surface area contributed by atoms with Crippen LogP contribution >= 0.6 is 0 Å². The molecule has 1 atom stereocenters. The summed E-state index contributed by atoms with van der Waals surface area (Å²) in [6.45, 7) is 4.33. The normalized spacial score (nSPS) is 11.8. The molecule has 0 fully saturated rings. The number of aryl methyl sites for hydroxylation is 1. The molecule has 3 aromatic rings. The summed E-state index contributed by atoms with van der Waals surface area (Å²) in [5.41, 5.74) is 7.85. The first-order chi connectivity index (χ1) is 14.0. The van der Waals surface area contributed by atoms with Crippen molar-refractivity contribution in [2.45, 2.75) is 26.5 Å². The standard InChI is InChI=1S/C21H24N6O2/c1-3-29-18(20-25-14(2)27(26-20)17-7-5-4-6-8-17)21(28)24-13-15-9-11-16(12-10-15)19(22)23/h4-12,18H,3,13H2,1-2H3,(H3,22,23)(H,24,28). The van der Waals surface area contributed by atoms with Crippen molar-refractivity contribution in [2.24, 2.45) is 5.73 Å². The molecule has 0 aliphatic heterocycles. The second-order valence-corrected chi connectivity index (χ2v) is 6.43. The van der Waals surface area contributed by atoms with Crippen LogP contribution < -0.4 is 11.1 Å². The van der Waals surface area contributed by atoms with E-state index in [1.165, 1.54) is 0 Å². The lowest BCUT2D eigenvalue weighted by Gasteiger charge is -2.14.